The molecule has 1 aliphatic rings. The normalized spacial score (nSPS) is 17.1. The van der Waals surface area contributed by atoms with Crippen LogP contribution in [0.2, 0.25) is 0 Å². The van der Waals surface area contributed by atoms with Crippen molar-refractivity contribution in [3.8, 4) is 11.5 Å². The van der Waals surface area contributed by atoms with Crippen LogP contribution in [-0.4, -0.2) is 62.6 Å². The van der Waals surface area contributed by atoms with E-state index in [-0.39, 0.29) is 53.5 Å². The van der Waals surface area contributed by atoms with E-state index in [1.54, 1.807) is 12.1 Å². The monoisotopic (exact) mass is 456 g/mol. The molecule has 8 nitrogen and oxygen atoms in total. The number of rotatable bonds is 8. The third kappa shape index (κ3) is 5.89. The molecule has 0 spiro atoms. The average Bonchev–Trinajstić information content (AvgIpc) is 3.34. The molecule has 0 saturated heterocycles. The molecule has 0 aliphatic carbocycles. The van der Waals surface area contributed by atoms with Gasteiger partial charge in [-0.1, -0.05) is 50.1 Å². The van der Waals surface area contributed by atoms with Gasteiger partial charge in [0.1, 0.15) is 6.61 Å². The number of H-pyrrole nitrogens is 1. The summed E-state index contributed by atoms with van der Waals surface area (Å²) in [7, 11) is 0. The van der Waals surface area contributed by atoms with Crippen LogP contribution >= 0.6 is 0 Å². The molecule has 9 heteroatoms. The minimum Gasteiger partial charge on any atom is -0.483 e. The molecule has 0 fully saturated rings. The van der Waals surface area contributed by atoms with Gasteiger partial charge in [0.2, 0.25) is 5.82 Å². The molecule has 3 N–H and O–H groups in total. The summed E-state index contributed by atoms with van der Waals surface area (Å²) < 4.78 is 11.8. The van der Waals surface area contributed by atoms with E-state index in [9.17, 15) is 4.79 Å². The van der Waals surface area contributed by atoms with Crippen molar-refractivity contribution in [2.45, 2.75) is 45.3 Å². The first-order chi connectivity index (χ1) is 15.5. The Balaban J connectivity index is 0.00000306. The fourth-order valence-electron chi connectivity index (χ4n) is 3.62. The van der Waals surface area contributed by atoms with E-state index < -0.39 is 5.72 Å². The number of hydrogen-bond acceptors (Lipinski definition) is 7. The van der Waals surface area contributed by atoms with Gasteiger partial charge in [-0.05, 0) is 65.1 Å². The number of carbonyl (C=O) groups excluding carboxylic acids is 1. The summed E-state index contributed by atoms with van der Waals surface area (Å²) in [6, 6.07) is 11.8. The van der Waals surface area contributed by atoms with E-state index in [1.807, 2.05) is 25.1 Å². The Kier molecular flexibility index (Phi) is 8.42. The first-order valence-corrected chi connectivity index (χ1v) is 10.8. The largest absolute Gasteiger partial charge is 0.483 e. The fourth-order valence-corrected chi connectivity index (χ4v) is 3.62. The molecule has 0 amide bonds. The van der Waals surface area contributed by atoms with Gasteiger partial charge in [-0.25, -0.2) is 5.10 Å². The minimum absolute atomic E-state index is 0. The SMILES string of the molecule is CCCCCc1ccc(C=CC(=O)c2cc(C)cc3c2OC(N)(c2nnn[nH]2)CO3)cc1.[Na]. The predicted molar refractivity (Wildman–Crippen MR) is 126 cm³/mol. The van der Waals surface area contributed by atoms with Crippen LogP contribution in [0.4, 0.5) is 0 Å². The molecule has 4 rings (SSSR count). The number of ketones is 1. The summed E-state index contributed by atoms with van der Waals surface area (Å²) in [5, 5.41) is 13.5. The maximum atomic E-state index is 13.1. The van der Waals surface area contributed by atoms with Gasteiger partial charge in [-0.15, -0.1) is 5.10 Å². The van der Waals surface area contributed by atoms with Gasteiger partial charge in [0.15, 0.2) is 17.3 Å². The number of aromatic amines is 1. The first kappa shape index (κ1) is 25.1. The zero-order valence-electron chi connectivity index (χ0n) is 19.3. The molecular weight excluding hydrogens is 429 g/mol. The van der Waals surface area contributed by atoms with E-state index in [0.717, 1.165) is 17.5 Å². The summed E-state index contributed by atoms with van der Waals surface area (Å²) in [4.78, 5) is 13.1. The van der Waals surface area contributed by atoms with Gasteiger partial charge in [0, 0.05) is 29.6 Å². The van der Waals surface area contributed by atoms with Gasteiger partial charge >= 0.3 is 0 Å². The third-order valence-electron chi connectivity index (χ3n) is 5.41. The number of nitrogens with zero attached hydrogens (tertiary/aromatic N) is 3. The standard InChI is InChI=1S/C24H27N5O3.Na/c1-3-4-5-6-17-7-9-18(10-8-17)11-12-20(30)19-13-16(2)14-21-22(19)32-24(25,15-31-21)23-26-28-29-27-23;/h7-14H,3-6,15,25H2,1-2H3,(H,26,27,28,29);. The topological polar surface area (TPSA) is 116 Å². The van der Waals surface area contributed by atoms with Crippen LogP contribution in [0.25, 0.3) is 6.08 Å². The summed E-state index contributed by atoms with van der Waals surface area (Å²) in [5.41, 5.74) is 8.41. The van der Waals surface area contributed by atoms with Crippen molar-refractivity contribution in [3.05, 3.63) is 70.6 Å². The van der Waals surface area contributed by atoms with E-state index in [4.69, 9.17) is 15.2 Å². The molecule has 167 valence electrons. The molecule has 33 heavy (non-hydrogen) atoms. The van der Waals surface area contributed by atoms with Crippen LogP contribution in [0.15, 0.2) is 42.5 Å². The molecule has 3 aromatic rings. The quantitative estimate of drug-likeness (QED) is 0.231. The molecule has 1 atom stereocenters. The maximum Gasteiger partial charge on any atom is 0.254 e. The van der Waals surface area contributed by atoms with Crippen LogP contribution in [0.5, 0.6) is 11.5 Å². The Morgan fingerprint density at radius 2 is 2.03 bits per heavy atom. The van der Waals surface area contributed by atoms with E-state index >= 15 is 0 Å². The Morgan fingerprint density at radius 1 is 1.24 bits per heavy atom. The number of hydrogen-bond donors (Lipinski definition) is 2. The number of benzene rings is 2. The Morgan fingerprint density at radius 3 is 2.73 bits per heavy atom. The molecule has 1 unspecified atom stereocenters. The third-order valence-corrected chi connectivity index (χ3v) is 5.41. The van der Waals surface area contributed by atoms with Crippen molar-refractivity contribution in [3.63, 3.8) is 0 Å². The molecule has 1 aliphatic heterocycles. The van der Waals surface area contributed by atoms with Crippen molar-refractivity contribution >= 4 is 41.4 Å². The minimum atomic E-state index is -1.42. The van der Waals surface area contributed by atoms with Crippen LogP contribution in [-0.2, 0) is 12.1 Å². The van der Waals surface area contributed by atoms with Crippen molar-refractivity contribution < 1.29 is 14.3 Å². The summed E-state index contributed by atoms with van der Waals surface area (Å²) in [6.07, 6.45) is 8.04. The summed E-state index contributed by atoms with van der Waals surface area (Å²) >= 11 is 0. The Hall–Kier alpha value is -2.52. The number of tetrazole rings is 1. The predicted octanol–water partition coefficient (Wildman–Crippen LogP) is 3.34. The van der Waals surface area contributed by atoms with Crippen LogP contribution in [0, 0.1) is 6.92 Å². The molecule has 1 aromatic heterocycles. The van der Waals surface area contributed by atoms with Crippen molar-refractivity contribution in [2.24, 2.45) is 5.73 Å². The molecular formula is C24H27N5NaO3. The van der Waals surface area contributed by atoms with Gasteiger partial charge in [0.25, 0.3) is 5.72 Å². The van der Waals surface area contributed by atoms with Gasteiger partial charge in [-0.3, -0.25) is 10.5 Å². The Labute approximate surface area is 215 Å². The van der Waals surface area contributed by atoms with Crippen LogP contribution in [0.3, 0.4) is 0 Å². The van der Waals surface area contributed by atoms with Gasteiger partial charge in [0.05, 0.1) is 5.56 Å². The van der Waals surface area contributed by atoms with Gasteiger partial charge in [-0.2, -0.15) is 0 Å². The zero-order valence-corrected chi connectivity index (χ0v) is 21.3. The smallest absolute Gasteiger partial charge is 0.254 e. The second kappa shape index (κ2) is 11.1. The number of nitrogens with two attached hydrogens (primary N) is 1. The molecule has 0 bridgehead atoms. The number of unbranched alkanes of at least 4 members (excludes halogenated alkanes) is 2. The molecule has 0 saturated carbocycles. The van der Waals surface area contributed by atoms with Crippen molar-refractivity contribution in [2.75, 3.05) is 6.61 Å². The maximum absolute atomic E-state index is 13.1. The van der Waals surface area contributed by atoms with Crippen molar-refractivity contribution in [1.82, 2.24) is 20.6 Å². The number of fused-ring (bicyclic) bond motifs is 1. The molecule has 2 heterocycles. The second-order valence-electron chi connectivity index (χ2n) is 8.07. The molecule has 1 radical (unpaired) electrons. The number of nitrogens with one attached hydrogen (secondary N) is 1. The average molecular weight is 457 g/mol. The van der Waals surface area contributed by atoms with Gasteiger partial charge < -0.3 is 9.47 Å². The number of aryl methyl sites for hydroxylation is 2. The second-order valence-corrected chi connectivity index (χ2v) is 8.07. The van der Waals surface area contributed by atoms with E-state index in [1.165, 1.54) is 30.9 Å². The van der Waals surface area contributed by atoms with Crippen LogP contribution in [0.1, 0.15) is 59.1 Å². The van der Waals surface area contributed by atoms with E-state index in [2.05, 4.69) is 39.7 Å². The summed E-state index contributed by atoms with van der Waals surface area (Å²) in [6.45, 7) is 4.10. The molecule has 2 aromatic carbocycles. The first-order valence-electron chi connectivity index (χ1n) is 10.8. The number of carbonyl (C=O) groups is 1. The fraction of sp³-hybridized carbons (Fsp3) is 0.333. The van der Waals surface area contributed by atoms with E-state index in [0.29, 0.717) is 11.3 Å². The number of allylic oxidation sites excluding steroid dienone is 1. The van der Waals surface area contributed by atoms with Crippen molar-refractivity contribution in [1.29, 1.82) is 0 Å². The Bertz CT molecular complexity index is 1120. The van der Waals surface area contributed by atoms with Crippen LogP contribution < -0.4 is 15.2 Å². The number of aromatic nitrogens is 4. The zero-order chi connectivity index (χ0) is 22.6. The summed E-state index contributed by atoms with van der Waals surface area (Å²) in [5.74, 6) is 0.755. The number of ether oxygens (including phenoxy) is 2.